The average Bonchev–Trinajstić information content (AvgIpc) is 2.47. The number of amides is 1. The number of aromatic carboxylic acids is 1. The molecule has 5 nitrogen and oxygen atoms in total. The van der Waals surface area contributed by atoms with E-state index >= 15 is 0 Å². The van der Waals surface area contributed by atoms with Gasteiger partial charge in [-0.05, 0) is 49.4 Å². The van der Waals surface area contributed by atoms with E-state index in [9.17, 15) is 9.59 Å². The first kappa shape index (κ1) is 15.9. The van der Waals surface area contributed by atoms with Gasteiger partial charge in [0.15, 0.2) is 0 Å². The smallest absolute Gasteiger partial charge is 0.335 e. The van der Waals surface area contributed by atoms with Gasteiger partial charge in [-0.3, -0.25) is 4.79 Å². The molecule has 2 rings (SSSR count). The summed E-state index contributed by atoms with van der Waals surface area (Å²) in [6, 6.07) is 13.4. The normalized spacial score (nSPS) is 11.7. The number of thioether (sulfide) groups is 1. The summed E-state index contributed by atoms with van der Waals surface area (Å²) >= 11 is 1.41. The SMILES string of the molecule is CC(Sc1cccc(N)c1)C(=O)Nc1ccc(C(=O)O)cc1. The second-order valence-electron chi connectivity index (χ2n) is 4.70. The molecule has 2 aromatic rings. The van der Waals surface area contributed by atoms with Gasteiger partial charge < -0.3 is 16.2 Å². The largest absolute Gasteiger partial charge is 0.478 e. The Hall–Kier alpha value is -2.47. The molecule has 4 N–H and O–H groups in total. The van der Waals surface area contributed by atoms with Gasteiger partial charge in [0, 0.05) is 16.3 Å². The lowest BCUT2D eigenvalue weighted by atomic mass is 10.2. The zero-order valence-electron chi connectivity index (χ0n) is 11.9. The second-order valence-corrected chi connectivity index (χ2v) is 6.12. The lowest BCUT2D eigenvalue weighted by Gasteiger charge is -2.12. The molecule has 22 heavy (non-hydrogen) atoms. The van der Waals surface area contributed by atoms with E-state index in [1.165, 1.54) is 23.9 Å². The van der Waals surface area contributed by atoms with E-state index in [0.717, 1.165) is 4.90 Å². The molecular weight excluding hydrogens is 300 g/mol. The van der Waals surface area contributed by atoms with Crippen molar-refractivity contribution >= 4 is 35.0 Å². The van der Waals surface area contributed by atoms with Crippen LogP contribution >= 0.6 is 11.8 Å². The molecule has 0 aliphatic carbocycles. The molecule has 0 aliphatic rings. The van der Waals surface area contributed by atoms with Gasteiger partial charge in [-0.2, -0.15) is 0 Å². The van der Waals surface area contributed by atoms with Crippen molar-refractivity contribution < 1.29 is 14.7 Å². The number of carboxylic acids is 1. The van der Waals surface area contributed by atoms with E-state index < -0.39 is 5.97 Å². The number of benzene rings is 2. The lowest BCUT2D eigenvalue weighted by Crippen LogP contribution is -2.22. The lowest BCUT2D eigenvalue weighted by molar-refractivity contribution is -0.115. The Labute approximate surface area is 132 Å². The van der Waals surface area contributed by atoms with E-state index in [0.29, 0.717) is 11.4 Å². The summed E-state index contributed by atoms with van der Waals surface area (Å²) < 4.78 is 0. The summed E-state index contributed by atoms with van der Waals surface area (Å²) in [5, 5.41) is 11.3. The average molecular weight is 316 g/mol. The second kappa shape index (κ2) is 7.00. The quantitative estimate of drug-likeness (QED) is 0.582. The minimum atomic E-state index is -0.997. The number of carbonyl (C=O) groups excluding carboxylic acids is 1. The van der Waals surface area contributed by atoms with Gasteiger partial charge in [0.25, 0.3) is 0 Å². The summed E-state index contributed by atoms with van der Waals surface area (Å²) in [7, 11) is 0. The van der Waals surface area contributed by atoms with Crippen LogP contribution in [-0.4, -0.2) is 22.2 Å². The summed E-state index contributed by atoms with van der Waals surface area (Å²) in [6.45, 7) is 1.80. The molecule has 0 radical (unpaired) electrons. The number of carbonyl (C=O) groups is 2. The molecule has 1 unspecified atom stereocenters. The maximum absolute atomic E-state index is 12.1. The first-order chi connectivity index (χ1) is 10.5. The molecule has 1 atom stereocenters. The number of hydrogen-bond donors (Lipinski definition) is 3. The maximum atomic E-state index is 12.1. The van der Waals surface area contributed by atoms with Crippen LogP contribution in [0.1, 0.15) is 17.3 Å². The summed E-state index contributed by atoms with van der Waals surface area (Å²) in [5.41, 5.74) is 7.11. The van der Waals surface area contributed by atoms with Crippen LogP contribution in [0.25, 0.3) is 0 Å². The van der Waals surface area contributed by atoms with Crippen LogP contribution in [0, 0.1) is 0 Å². The van der Waals surface area contributed by atoms with Crippen molar-refractivity contribution in [2.45, 2.75) is 17.1 Å². The molecular formula is C16H16N2O3S. The van der Waals surface area contributed by atoms with Gasteiger partial charge in [0.2, 0.25) is 5.91 Å². The van der Waals surface area contributed by atoms with Crippen LogP contribution in [0.3, 0.4) is 0 Å². The Morgan fingerprint density at radius 3 is 2.45 bits per heavy atom. The Bertz CT molecular complexity index is 686. The summed E-state index contributed by atoms with van der Waals surface area (Å²) in [5.74, 6) is -1.15. The molecule has 6 heteroatoms. The highest BCUT2D eigenvalue weighted by molar-refractivity contribution is 8.00. The summed E-state index contributed by atoms with van der Waals surface area (Å²) in [4.78, 5) is 23.8. The molecule has 0 spiro atoms. The van der Waals surface area contributed by atoms with Crippen molar-refractivity contribution in [3.63, 3.8) is 0 Å². The van der Waals surface area contributed by atoms with Crippen LogP contribution in [-0.2, 0) is 4.79 Å². The molecule has 0 bridgehead atoms. The topological polar surface area (TPSA) is 92.4 Å². The number of anilines is 2. The predicted octanol–water partition coefficient (Wildman–Crippen LogP) is 3.09. The van der Waals surface area contributed by atoms with Gasteiger partial charge in [-0.15, -0.1) is 11.8 Å². The van der Waals surface area contributed by atoms with E-state index in [4.69, 9.17) is 10.8 Å². The van der Waals surface area contributed by atoms with Crippen LogP contribution in [0.4, 0.5) is 11.4 Å². The zero-order chi connectivity index (χ0) is 16.1. The number of nitrogens with two attached hydrogens (primary N) is 1. The van der Waals surface area contributed by atoms with Gasteiger partial charge in [-0.1, -0.05) is 6.07 Å². The van der Waals surface area contributed by atoms with Crippen molar-refractivity contribution in [2.24, 2.45) is 0 Å². The standard InChI is InChI=1S/C16H16N2O3S/c1-10(22-14-4-2-3-12(17)9-14)15(19)18-13-7-5-11(6-8-13)16(20)21/h2-10H,17H2,1H3,(H,18,19)(H,20,21). The highest BCUT2D eigenvalue weighted by atomic mass is 32.2. The Kier molecular flexibility index (Phi) is 5.06. The third-order valence-electron chi connectivity index (χ3n) is 2.94. The zero-order valence-corrected chi connectivity index (χ0v) is 12.8. The molecule has 1 amide bonds. The highest BCUT2D eigenvalue weighted by Gasteiger charge is 2.15. The van der Waals surface area contributed by atoms with Crippen molar-refractivity contribution in [2.75, 3.05) is 11.1 Å². The van der Waals surface area contributed by atoms with Crippen molar-refractivity contribution in [1.29, 1.82) is 0 Å². The van der Waals surface area contributed by atoms with Gasteiger partial charge >= 0.3 is 5.97 Å². The number of carboxylic acid groups (broad SMARTS) is 1. The van der Waals surface area contributed by atoms with Crippen LogP contribution in [0.5, 0.6) is 0 Å². The molecule has 0 aromatic heterocycles. The molecule has 0 aliphatic heterocycles. The first-order valence-corrected chi connectivity index (χ1v) is 7.50. The number of hydrogen-bond acceptors (Lipinski definition) is 4. The van der Waals surface area contributed by atoms with E-state index in [1.807, 2.05) is 18.2 Å². The molecule has 0 fully saturated rings. The fraction of sp³-hybridized carbons (Fsp3) is 0.125. The van der Waals surface area contributed by atoms with E-state index in [2.05, 4.69) is 5.32 Å². The number of nitrogens with one attached hydrogen (secondary N) is 1. The third-order valence-corrected chi connectivity index (χ3v) is 4.03. The van der Waals surface area contributed by atoms with Crippen LogP contribution in [0.2, 0.25) is 0 Å². The summed E-state index contributed by atoms with van der Waals surface area (Å²) in [6.07, 6.45) is 0. The monoisotopic (exact) mass is 316 g/mol. The predicted molar refractivity (Wildman–Crippen MR) is 88.2 cm³/mol. The maximum Gasteiger partial charge on any atom is 0.335 e. The first-order valence-electron chi connectivity index (χ1n) is 6.62. The molecule has 0 saturated heterocycles. The Morgan fingerprint density at radius 2 is 1.86 bits per heavy atom. The van der Waals surface area contributed by atoms with Crippen molar-refractivity contribution in [3.8, 4) is 0 Å². The van der Waals surface area contributed by atoms with Gasteiger partial charge in [0.1, 0.15) is 0 Å². The minimum Gasteiger partial charge on any atom is -0.478 e. The molecule has 0 heterocycles. The van der Waals surface area contributed by atoms with Crippen molar-refractivity contribution in [3.05, 3.63) is 54.1 Å². The minimum absolute atomic E-state index is 0.157. The van der Waals surface area contributed by atoms with Crippen LogP contribution < -0.4 is 11.1 Å². The molecule has 114 valence electrons. The van der Waals surface area contributed by atoms with E-state index in [1.54, 1.807) is 25.1 Å². The number of nitrogen functional groups attached to an aromatic ring is 1. The van der Waals surface area contributed by atoms with Crippen LogP contribution in [0.15, 0.2) is 53.4 Å². The Balaban J connectivity index is 1.97. The fourth-order valence-electron chi connectivity index (χ4n) is 1.79. The third kappa shape index (κ3) is 4.26. The Morgan fingerprint density at radius 1 is 1.18 bits per heavy atom. The highest BCUT2D eigenvalue weighted by Crippen LogP contribution is 2.25. The van der Waals surface area contributed by atoms with E-state index in [-0.39, 0.29) is 16.7 Å². The van der Waals surface area contributed by atoms with Gasteiger partial charge in [-0.25, -0.2) is 4.79 Å². The number of rotatable bonds is 5. The molecule has 2 aromatic carbocycles. The fourth-order valence-corrected chi connectivity index (χ4v) is 2.72. The van der Waals surface area contributed by atoms with Crippen molar-refractivity contribution in [1.82, 2.24) is 0 Å². The molecule has 0 saturated carbocycles. The van der Waals surface area contributed by atoms with Gasteiger partial charge in [0.05, 0.1) is 10.8 Å².